The molecular weight excluding hydrogens is 198 g/mol. The van der Waals surface area contributed by atoms with Gasteiger partial charge in [0.25, 0.3) is 0 Å². The van der Waals surface area contributed by atoms with Gasteiger partial charge in [0, 0.05) is 12.0 Å². The fourth-order valence-corrected chi connectivity index (χ4v) is 2.23. The zero-order chi connectivity index (χ0) is 11.8. The van der Waals surface area contributed by atoms with E-state index in [1.807, 2.05) is 6.07 Å². The maximum atomic E-state index is 8.82. The maximum Gasteiger partial charge on any atom is 0.126 e. The van der Waals surface area contributed by atoms with Crippen LogP contribution in [0.25, 0.3) is 0 Å². The molecule has 0 amide bonds. The first kappa shape index (κ1) is 11.0. The highest BCUT2D eigenvalue weighted by Crippen LogP contribution is 2.41. The van der Waals surface area contributed by atoms with E-state index in [2.05, 4.69) is 32.9 Å². The fraction of sp³-hybridized carbons (Fsp3) is 0.500. The summed E-state index contributed by atoms with van der Waals surface area (Å²) in [4.78, 5) is 0. The van der Waals surface area contributed by atoms with Crippen molar-refractivity contribution in [2.75, 3.05) is 0 Å². The third kappa shape index (κ3) is 1.67. The molecule has 0 N–H and O–H groups in total. The van der Waals surface area contributed by atoms with Crippen LogP contribution in [0.4, 0.5) is 0 Å². The Bertz CT molecular complexity index is 459. The molecule has 0 fully saturated rings. The van der Waals surface area contributed by atoms with Gasteiger partial charge in [0.15, 0.2) is 0 Å². The second kappa shape index (κ2) is 3.83. The van der Waals surface area contributed by atoms with E-state index in [-0.39, 0.29) is 5.60 Å². The molecule has 0 aromatic heterocycles. The number of aryl methyl sites for hydroxylation is 1. The molecule has 0 radical (unpaired) electrons. The van der Waals surface area contributed by atoms with Crippen LogP contribution in [0.1, 0.15) is 37.0 Å². The number of rotatable bonds is 2. The van der Waals surface area contributed by atoms with Crippen molar-refractivity contribution in [2.45, 2.75) is 45.6 Å². The zero-order valence-corrected chi connectivity index (χ0v) is 10.1. The minimum Gasteiger partial charge on any atom is -0.487 e. The summed E-state index contributed by atoms with van der Waals surface area (Å²) in [6.07, 6.45) is 2.40. The van der Waals surface area contributed by atoms with E-state index >= 15 is 0 Å². The number of fused-ring (bicyclic) bond motifs is 1. The molecule has 0 saturated heterocycles. The van der Waals surface area contributed by atoms with Gasteiger partial charge in [0.1, 0.15) is 11.4 Å². The number of nitrogens with zero attached hydrogens (tertiary/aromatic N) is 1. The molecule has 1 unspecified atom stereocenters. The molecule has 1 heterocycles. The second-order valence-corrected chi connectivity index (χ2v) is 4.77. The zero-order valence-electron chi connectivity index (χ0n) is 10.1. The Morgan fingerprint density at radius 3 is 2.88 bits per heavy atom. The van der Waals surface area contributed by atoms with E-state index in [4.69, 9.17) is 10.00 Å². The van der Waals surface area contributed by atoms with Gasteiger partial charge in [0.2, 0.25) is 0 Å². The molecule has 1 aliphatic heterocycles. The Morgan fingerprint density at radius 1 is 1.50 bits per heavy atom. The van der Waals surface area contributed by atoms with Crippen LogP contribution in [0.2, 0.25) is 0 Å². The fourth-order valence-electron chi connectivity index (χ4n) is 2.23. The second-order valence-electron chi connectivity index (χ2n) is 4.77. The van der Waals surface area contributed by atoms with Crippen molar-refractivity contribution in [3.63, 3.8) is 0 Å². The molecule has 1 aliphatic rings. The summed E-state index contributed by atoms with van der Waals surface area (Å²) in [6, 6.07) is 6.33. The van der Waals surface area contributed by atoms with E-state index in [0.717, 1.165) is 24.2 Å². The van der Waals surface area contributed by atoms with Crippen LogP contribution in [-0.2, 0) is 12.8 Å². The topological polar surface area (TPSA) is 33.0 Å². The number of benzene rings is 1. The first-order valence-corrected chi connectivity index (χ1v) is 5.77. The predicted molar refractivity (Wildman–Crippen MR) is 63.5 cm³/mol. The van der Waals surface area contributed by atoms with Gasteiger partial charge in [-0.25, -0.2) is 0 Å². The van der Waals surface area contributed by atoms with Gasteiger partial charge in [-0.2, -0.15) is 5.26 Å². The van der Waals surface area contributed by atoms with Crippen molar-refractivity contribution in [3.05, 3.63) is 28.8 Å². The van der Waals surface area contributed by atoms with Crippen molar-refractivity contribution in [1.29, 1.82) is 5.26 Å². The number of hydrogen-bond acceptors (Lipinski definition) is 2. The SMILES string of the molecule is CCC1(C)Cc2c(CC#N)ccc(C)c2O1. The van der Waals surface area contributed by atoms with Crippen LogP contribution < -0.4 is 4.74 Å². The van der Waals surface area contributed by atoms with Gasteiger partial charge in [-0.05, 0) is 31.4 Å². The summed E-state index contributed by atoms with van der Waals surface area (Å²) in [5.41, 5.74) is 3.46. The Balaban J connectivity index is 2.47. The molecule has 1 aromatic rings. The first-order valence-electron chi connectivity index (χ1n) is 5.77. The predicted octanol–water partition coefficient (Wildman–Crippen LogP) is 3.16. The normalized spacial score (nSPS) is 22.4. The highest BCUT2D eigenvalue weighted by atomic mass is 16.5. The van der Waals surface area contributed by atoms with Gasteiger partial charge < -0.3 is 4.74 Å². The van der Waals surface area contributed by atoms with Crippen LogP contribution in [0.15, 0.2) is 12.1 Å². The number of hydrogen-bond donors (Lipinski definition) is 0. The van der Waals surface area contributed by atoms with Gasteiger partial charge >= 0.3 is 0 Å². The molecule has 2 heteroatoms. The van der Waals surface area contributed by atoms with Crippen molar-refractivity contribution < 1.29 is 4.74 Å². The largest absolute Gasteiger partial charge is 0.487 e. The van der Waals surface area contributed by atoms with Crippen LogP contribution in [0, 0.1) is 18.3 Å². The lowest BCUT2D eigenvalue weighted by atomic mass is 9.92. The molecule has 2 rings (SSSR count). The van der Waals surface area contributed by atoms with E-state index < -0.39 is 0 Å². The minimum absolute atomic E-state index is 0.0847. The lowest BCUT2D eigenvalue weighted by Gasteiger charge is -2.21. The van der Waals surface area contributed by atoms with Crippen LogP contribution in [-0.4, -0.2) is 5.60 Å². The van der Waals surface area contributed by atoms with Crippen LogP contribution in [0.5, 0.6) is 5.75 Å². The van der Waals surface area contributed by atoms with Crippen molar-refractivity contribution in [3.8, 4) is 11.8 Å². The summed E-state index contributed by atoms with van der Waals surface area (Å²) in [5.74, 6) is 1.01. The average molecular weight is 215 g/mol. The molecule has 84 valence electrons. The minimum atomic E-state index is -0.0847. The van der Waals surface area contributed by atoms with Crippen LogP contribution in [0.3, 0.4) is 0 Å². The van der Waals surface area contributed by atoms with Gasteiger partial charge in [-0.1, -0.05) is 19.1 Å². The lowest BCUT2D eigenvalue weighted by Crippen LogP contribution is -2.28. The first-order chi connectivity index (χ1) is 7.59. The third-order valence-electron chi connectivity index (χ3n) is 3.47. The molecule has 0 bridgehead atoms. The van der Waals surface area contributed by atoms with Crippen molar-refractivity contribution in [1.82, 2.24) is 0 Å². The summed E-state index contributed by atoms with van der Waals surface area (Å²) < 4.78 is 6.05. The van der Waals surface area contributed by atoms with E-state index in [9.17, 15) is 0 Å². The molecule has 0 saturated carbocycles. The quantitative estimate of drug-likeness (QED) is 0.759. The molecule has 0 aliphatic carbocycles. The van der Waals surface area contributed by atoms with Crippen molar-refractivity contribution >= 4 is 0 Å². The molecule has 1 aromatic carbocycles. The smallest absolute Gasteiger partial charge is 0.126 e. The number of nitriles is 1. The average Bonchev–Trinajstić information content (AvgIpc) is 2.63. The number of ether oxygens (including phenoxy) is 1. The monoisotopic (exact) mass is 215 g/mol. The van der Waals surface area contributed by atoms with Gasteiger partial charge in [-0.3, -0.25) is 0 Å². The Kier molecular flexibility index (Phi) is 2.63. The summed E-state index contributed by atoms with van der Waals surface area (Å²) >= 11 is 0. The Hall–Kier alpha value is -1.49. The summed E-state index contributed by atoms with van der Waals surface area (Å²) in [7, 11) is 0. The molecule has 0 spiro atoms. The molecule has 1 atom stereocenters. The van der Waals surface area contributed by atoms with Gasteiger partial charge in [0.05, 0.1) is 12.5 Å². The standard InChI is InChI=1S/C14H17NO/c1-4-14(3)9-12-11(7-8-15)6-5-10(2)13(12)16-14/h5-6H,4,7,9H2,1-3H3. The Labute approximate surface area is 96.9 Å². The highest BCUT2D eigenvalue weighted by molar-refractivity contribution is 5.50. The highest BCUT2D eigenvalue weighted by Gasteiger charge is 2.35. The summed E-state index contributed by atoms with van der Waals surface area (Å²) in [6.45, 7) is 6.35. The maximum absolute atomic E-state index is 8.82. The van der Waals surface area contributed by atoms with Crippen molar-refractivity contribution in [2.24, 2.45) is 0 Å². The van der Waals surface area contributed by atoms with E-state index in [0.29, 0.717) is 6.42 Å². The van der Waals surface area contributed by atoms with Crippen LogP contribution >= 0.6 is 0 Å². The molecular formula is C14H17NO. The Morgan fingerprint density at radius 2 is 2.25 bits per heavy atom. The van der Waals surface area contributed by atoms with E-state index in [1.54, 1.807) is 0 Å². The van der Waals surface area contributed by atoms with E-state index in [1.165, 1.54) is 11.1 Å². The van der Waals surface area contributed by atoms with Gasteiger partial charge in [-0.15, -0.1) is 0 Å². The molecule has 2 nitrogen and oxygen atoms in total. The summed E-state index contributed by atoms with van der Waals surface area (Å²) in [5, 5.41) is 8.82. The molecule has 16 heavy (non-hydrogen) atoms. The lowest BCUT2D eigenvalue weighted by molar-refractivity contribution is 0.111. The third-order valence-corrected chi connectivity index (χ3v) is 3.47.